The van der Waals surface area contributed by atoms with Gasteiger partial charge in [-0.1, -0.05) is 24.4 Å². The van der Waals surface area contributed by atoms with Gasteiger partial charge in [-0.2, -0.15) is 0 Å². The summed E-state index contributed by atoms with van der Waals surface area (Å²) >= 11 is 0. The van der Waals surface area contributed by atoms with Crippen LogP contribution < -0.4 is 0 Å². The van der Waals surface area contributed by atoms with Crippen LogP contribution in [-0.4, -0.2) is 58.8 Å². The molecule has 4 rings (SSSR count). The van der Waals surface area contributed by atoms with E-state index in [0.717, 1.165) is 69.5 Å². The van der Waals surface area contributed by atoms with E-state index in [2.05, 4.69) is 15.0 Å². The molecule has 1 aromatic rings. The Morgan fingerprint density at radius 3 is 2.63 bits per heavy atom. The van der Waals surface area contributed by atoms with E-state index in [0.29, 0.717) is 0 Å². The van der Waals surface area contributed by atoms with Crippen LogP contribution in [-0.2, 0) is 11.3 Å². The smallest absolute Gasteiger partial charge is 0.308 e. The summed E-state index contributed by atoms with van der Waals surface area (Å²) in [5.41, 5.74) is 0.868. The molecule has 150 valence electrons. The molecule has 3 heterocycles. The summed E-state index contributed by atoms with van der Waals surface area (Å²) in [5.74, 6) is 0.873. The molecule has 1 atom stereocenters. The first-order valence-electron chi connectivity index (χ1n) is 10.6. The van der Waals surface area contributed by atoms with Crippen LogP contribution >= 0.6 is 0 Å². The minimum atomic E-state index is -0.597. The molecular formula is C21H33N3O3. The summed E-state index contributed by atoms with van der Waals surface area (Å²) in [7, 11) is 0. The van der Waals surface area contributed by atoms with E-state index in [9.17, 15) is 9.90 Å². The summed E-state index contributed by atoms with van der Waals surface area (Å²) in [6, 6.07) is 1.99. The zero-order chi connectivity index (χ0) is 18.9. The summed E-state index contributed by atoms with van der Waals surface area (Å²) in [4.78, 5) is 16.9. The highest BCUT2D eigenvalue weighted by atomic mass is 16.5. The first-order valence-corrected chi connectivity index (χ1v) is 10.6. The first-order chi connectivity index (χ1) is 13.0. The van der Waals surface area contributed by atoms with Crippen molar-refractivity contribution in [1.82, 2.24) is 15.0 Å². The molecule has 6 heteroatoms. The molecule has 1 unspecified atom stereocenters. The van der Waals surface area contributed by atoms with Gasteiger partial charge in [0.2, 0.25) is 0 Å². The first kappa shape index (κ1) is 18.9. The van der Waals surface area contributed by atoms with Crippen LogP contribution in [0.25, 0.3) is 0 Å². The van der Waals surface area contributed by atoms with E-state index >= 15 is 0 Å². The van der Waals surface area contributed by atoms with Crippen LogP contribution in [0.5, 0.6) is 0 Å². The third-order valence-corrected chi connectivity index (χ3v) is 7.17. The molecule has 1 aromatic heterocycles. The Hall–Kier alpha value is -1.40. The molecule has 3 aliphatic rings. The lowest BCUT2D eigenvalue weighted by molar-refractivity contribution is -0.146. The SMILES string of the molecule is Cc1cc(CN2CCC3(CC2)CN(CC2CCCCC2)CC3C(=O)O)on1. The van der Waals surface area contributed by atoms with E-state index in [-0.39, 0.29) is 11.3 Å². The van der Waals surface area contributed by atoms with Crippen LogP contribution in [0, 0.1) is 24.2 Å². The van der Waals surface area contributed by atoms with Crippen molar-refractivity contribution < 1.29 is 14.4 Å². The van der Waals surface area contributed by atoms with Gasteiger partial charge >= 0.3 is 5.97 Å². The number of likely N-dealkylation sites (tertiary alicyclic amines) is 2. The Bertz CT molecular complexity index is 645. The van der Waals surface area contributed by atoms with Gasteiger partial charge in [0, 0.05) is 31.1 Å². The van der Waals surface area contributed by atoms with Crippen molar-refractivity contribution in [3.8, 4) is 0 Å². The maximum atomic E-state index is 12.0. The predicted molar refractivity (Wildman–Crippen MR) is 102 cm³/mol. The van der Waals surface area contributed by atoms with Crippen molar-refractivity contribution in [2.75, 3.05) is 32.7 Å². The van der Waals surface area contributed by atoms with Crippen LogP contribution in [0.3, 0.4) is 0 Å². The minimum Gasteiger partial charge on any atom is -0.481 e. The highest BCUT2D eigenvalue weighted by Crippen LogP contribution is 2.45. The fourth-order valence-corrected chi connectivity index (χ4v) is 5.66. The van der Waals surface area contributed by atoms with E-state index in [1.54, 1.807) is 0 Å². The average molecular weight is 376 g/mol. The molecular weight excluding hydrogens is 342 g/mol. The molecule has 0 radical (unpaired) electrons. The average Bonchev–Trinajstić information content (AvgIpc) is 3.22. The number of carbonyl (C=O) groups is 1. The second kappa shape index (κ2) is 7.92. The van der Waals surface area contributed by atoms with Crippen molar-refractivity contribution >= 4 is 5.97 Å². The van der Waals surface area contributed by atoms with Gasteiger partial charge in [-0.25, -0.2) is 0 Å². The summed E-state index contributed by atoms with van der Waals surface area (Å²) in [6.45, 7) is 7.42. The highest BCUT2D eigenvalue weighted by Gasteiger charge is 2.51. The standard InChI is InChI=1S/C21H33N3O3/c1-16-11-18(27-22-16)13-23-9-7-21(8-10-23)15-24(14-19(21)20(25)26)12-17-5-3-2-4-6-17/h11,17,19H,2-10,12-15H2,1H3,(H,25,26). The molecule has 3 fully saturated rings. The van der Waals surface area contributed by atoms with Gasteiger partial charge in [-0.05, 0) is 51.6 Å². The van der Waals surface area contributed by atoms with Gasteiger partial charge in [0.25, 0.3) is 0 Å². The largest absolute Gasteiger partial charge is 0.481 e. The molecule has 1 saturated carbocycles. The molecule has 6 nitrogen and oxygen atoms in total. The summed E-state index contributed by atoms with van der Waals surface area (Å²) < 4.78 is 5.35. The third kappa shape index (κ3) is 4.21. The van der Waals surface area contributed by atoms with Gasteiger partial charge < -0.3 is 14.5 Å². The van der Waals surface area contributed by atoms with Gasteiger partial charge in [0.1, 0.15) is 0 Å². The fourth-order valence-electron chi connectivity index (χ4n) is 5.66. The molecule has 27 heavy (non-hydrogen) atoms. The molecule has 0 amide bonds. The number of hydrogen-bond acceptors (Lipinski definition) is 5. The Morgan fingerprint density at radius 1 is 1.26 bits per heavy atom. The number of rotatable bonds is 5. The van der Waals surface area contributed by atoms with Gasteiger partial charge in [-0.15, -0.1) is 0 Å². The Morgan fingerprint density at radius 2 is 2.00 bits per heavy atom. The number of nitrogens with zero attached hydrogens (tertiary/aromatic N) is 3. The molecule has 2 saturated heterocycles. The summed E-state index contributed by atoms with van der Waals surface area (Å²) in [5, 5.41) is 13.9. The van der Waals surface area contributed by atoms with Crippen LogP contribution in [0.4, 0.5) is 0 Å². The van der Waals surface area contributed by atoms with Crippen molar-refractivity contribution in [1.29, 1.82) is 0 Å². The van der Waals surface area contributed by atoms with E-state index in [1.165, 1.54) is 32.1 Å². The monoisotopic (exact) mass is 375 g/mol. The lowest BCUT2D eigenvalue weighted by Gasteiger charge is -2.41. The van der Waals surface area contributed by atoms with Gasteiger partial charge in [0.05, 0.1) is 18.2 Å². The lowest BCUT2D eigenvalue weighted by atomic mass is 9.71. The van der Waals surface area contributed by atoms with Gasteiger partial charge in [0.15, 0.2) is 5.76 Å². The van der Waals surface area contributed by atoms with Crippen molar-refractivity contribution in [2.24, 2.45) is 17.3 Å². The molecule has 2 aliphatic heterocycles. The van der Waals surface area contributed by atoms with Crippen molar-refractivity contribution in [3.05, 3.63) is 17.5 Å². The van der Waals surface area contributed by atoms with Crippen molar-refractivity contribution in [2.45, 2.75) is 58.4 Å². The molecule has 1 aliphatic carbocycles. The highest BCUT2D eigenvalue weighted by molar-refractivity contribution is 5.72. The Kier molecular flexibility index (Phi) is 5.55. The molecule has 1 spiro atoms. The predicted octanol–water partition coefficient (Wildman–Crippen LogP) is 3.16. The zero-order valence-electron chi connectivity index (χ0n) is 16.5. The van der Waals surface area contributed by atoms with Crippen molar-refractivity contribution in [3.63, 3.8) is 0 Å². The Balaban J connectivity index is 1.36. The molecule has 0 bridgehead atoms. The normalized spacial score (nSPS) is 27.4. The van der Waals surface area contributed by atoms with E-state index in [4.69, 9.17) is 4.52 Å². The quantitative estimate of drug-likeness (QED) is 0.852. The van der Waals surface area contributed by atoms with Crippen LogP contribution in [0.2, 0.25) is 0 Å². The van der Waals surface area contributed by atoms with Crippen LogP contribution in [0.15, 0.2) is 10.6 Å². The number of aryl methyl sites for hydroxylation is 1. The maximum absolute atomic E-state index is 12.0. The molecule has 1 N–H and O–H groups in total. The number of carboxylic acids is 1. The Labute approximate surface area is 161 Å². The number of aliphatic carboxylic acids is 1. The maximum Gasteiger partial charge on any atom is 0.308 e. The van der Waals surface area contributed by atoms with E-state index < -0.39 is 5.97 Å². The number of piperidine rings is 1. The topological polar surface area (TPSA) is 69.8 Å². The number of carboxylic acid groups (broad SMARTS) is 1. The lowest BCUT2D eigenvalue weighted by Crippen LogP contribution is -2.45. The zero-order valence-corrected chi connectivity index (χ0v) is 16.5. The van der Waals surface area contributed by atoms with Gasteiger partial charge in [-0.3, -0.25) is 9.69 Å². The van der Waals surface area contributed by atoms with Crippen LogP contribution in [0.1, 0.15) is 56.4 Å². The minimum absolute atomic E-state index is 0.0473. The molecule has 0 aromatic carbocycles. The number of hydrogen-bond donors (Lipinski definition) is 1. The second-order valence-corrected chi connectivity index (χ2v) is 9.16. The van der Waals surface area contributed by atoms with E-state index in [1.807, 2.05) is 13.0 Å². The fraction of sp³-hybridized carbons (Fsp3) is 0.810. The second-order valence-electron chi connectivity index (χ2n) is 9.16. The summed E-state index contributed by atoms with van der Waals surface area (Å²) in [6.07, 6.45) is 8.66. The third-order valence-electron chi connectivity index (χ3n) is 7.17. The number of aromatic nitrogens is 1.